The maximum Gasteiger partial charge on any atom is 0.118 e. The lowest BCUT2D eigenvalue weighted by molar-refractivity contribution is 0.414. The highest BCUT2D eigenvalue weighted by Crippen LogP contribution is 2.29. The van der Waals surface area contributed by atoms with Crippen LogP contribution in [0.2, 0.25) is 0 Å². The summed E-state index contributed by atoms with van der Waals surface area (Å²) in [5, 5.41) is 3.42. The number of benzene rings is 1. The van der Waals surface area contributed by atoms with Crippen LogP contribution in [0.1, 0.15) is 40.7 Å². The van der Waals surface area contributed by atoms with Crippen LogP contribution in [0.3, 0.4) is 0 Å². The molecule has 0 aliphatic heterocycles. The van der Waals surface area contributed by atoms with Crippen LogP contribution in [-0.4, -0.2) is 14.2 Å². The molecule has 1 aromatic heterocycles. The zero-order chi connectivity index (χ0) is 15.4. The molecule has 2 rings (SSSR count). The molecule has 0 radical (unpaired) electrons. The lowest BCUT2D eigenvalue weighted by Gasteiger charge is -2.17. The number of ether oxygens (including phenoxy) is 1. The predicted octanol–water partition coefficient (Wildman–Crippen LogP) is 4.11. The first kappa shape index (κ1) is 15.6. The topological polar surface area (TPSA) is 34.4 Å². The molecule has 1 N–H and O–H groups in total. The van der Waals surface area contributed by atoms with Crippen LogP contribution in [0.4, 0.5) is 0 Å². The number of furan rings is 1. The Kier molecular flexibility index (Phi) is 5.07. The molecule has 0 saturated heterocycles. The number of rotatable bonds is 6. The van der Waals surface area contributed by atoms with Crippen molar-refractivity contribution in [2.24, 2.45) is 0 Å². The maximum absolute atomic E-state index is 5.75. The van der Waals surface area contributed by atoms with Gasteiger partial charge in [0.2, 0.25) is 0 Å². The molecule has 1 atom stereocenters. The van der Waals surface area contributed by atoms with Crippen LogP contribution in [0.25, 0.3) is 0 Å². The van der Waals surface area contributed by atoms with Crippen LogP contribution in [-0.2, 0) is 6.42 Å². The maximum atomic E-state index is 5.75. The van der Waals surface area contributed by atoms with Gasteiger partial charge in [0.05, 0.1) is 7.11 Å². The summed E-state index contributed by atoms with van der Waals surface area (Å²) in [5.41, 5.74) is 3.90. The number of aryl methyl sites for hydroxylation is 3. The third kappa shape index (κ3) is 3.48. The Bertz CT molecular complexity index is 584. The summed E-state index contributed by atoms with van der Waals surface area (Å²) in [7, 11) is 3.71. The van der Waals surface area contributed by atoms with Gasteiger partial charge in [-0.3, -0.25) is 0 Å². The van der Waals surface area contributed by atoms with Crippen molar-refractivity contribution in [3.63, 3.8) is 0 Å². The first-order valence-corrected chi connectivity index (χ1v) is 7.43. The molecule has 0 fully saturated rings. The van der Waals surface area contributed by atoms with Crippen LogP contribution in [0.5, 0.6) is 5.75 Å². The van der Waals surface area contributed by atoms with E-state index in [1.807, 2.05) is 33.0 Å². The fourth-order valence-electron chi connectivity index (χ4n) is 2.86. The second kappa shape index (κ2) is 6.81. The van der Waals surface area contributed by atoms with Gasteiger partial charge >= 0.3 is 0 Å². The van der Waals surface area contributed by atoms with Gasteiger partial charge in [0.1, 0.15) is 17.3 Å². The Morgan fingerprint density at radius 2 is 1.76 bits per heavy atom. The Labute approximate surface area is 127 Å². The van der Waals surface area contributed by atoms with Crippen molar-refractivity contribution in [3.8, 4) is 5.75 Å². The molecule has 114 valence electrons. The molecule has 3 nitrogen and oxygen atoms in total. The number of nitrogens with one attached hydrogen (secondary N) is 1. The van der Waals surface area contributed by atoms with Crippen molar-refractivity contribution in [1.82, 2.24) is 5.32 Å². The molecule has 21 heavy (non-hydrogen) atoms. The Morgan fingerprint density at radius 1 is 1.10 bits per heavy atom. The second-order valence-electron chi connectivity index (χ2n) is 5.48. The van der Waals surface area contributed by atoms with E-state index in [1.54, 1.807) is 7.11 Å². The molecular formula is C18H25NO2. The average molecular weight is 287 g/mol. The summed E-state index contributed by atoms with van der Waals surface area (Å²) in [6, 6.07) is 8.62. The van der Waals surface area contributed by atoms with Crippen LogP contribution < -0.4 is 10.1 Å². The molecule has 0 amide bonds. The minimum Gasteiger partial charge on any atom is -0.497 e. The fraction of sp³-hybridized carbons (Fsp3) is 0.444. The first-order chi connectivity index (χ1) is 10.1. The minimum absolute atomic E-state index is 0.324. The van der Waals surface area contributed by atoms with E-state index in [2.05, 4.69) is 24.4 Å². The molecular weight excluding hydrogens is 262 g/mol. The number of hydrogen-bond donors (Lipinski definition) is 1. The summed E-state index contributed by atoms with van der Waals surface area (Å²) < 4.78 is 10.9. The Hall–Kier alpha value is -1.74. The van der Waals surface area contributed by atoms with Gasteiger partial charge in [-0.25, -0.2) is 0 Å². The average Bonchev–Trinajstić information content (AvgIpc) is 2.75. The molecule has 1 aromatic carbocycles. The van der Waals surface area contributed by atoms with Gasteiger partial charge in [0.15, 0.2) is 0 Å². The number of hydrogen-bond acceptors (Lipinski definition) is 3. The van der Waals surface area contributed by atoms with E-state index >= 15 is 0 Å². The molecule has 3 heteroatoms. The van der Waals surface area contributed by atoms with E-state index in [1.165, 1.54) is 16.7 Å². The van der Waals surface area contributed by atoms with Crippen LogP contribution in [0.15, 0.2) is 28.7 Å². The van der Waals surface area contributed by atoms with Crippen molar-refractivity contribution < 1.29 is 9.15 Å². The summed E-state index contributed by atoms with van der Waals surface area (Å²) in [6.45, 7) is 6.22. The largest absolute Gasteiger partial charge is 0.497 e. The fourth-order valence-corrected chi connectivity index (χ4v) is 2.86. The molecule has 1 heterocycles. The molecule has 0 spiro atoms. The zero-order valence-corrected chi connectivity index (χ0v) is 13.6. The van der Waals surface area contributed by atoms with E-state index in [9.17, 15) is 0 Å². The lowest BCUT2D eigenvalue weighted by atomic mass is 9.96. The molecule has 0 bridgehead atoms. The van der Waals surface area contributed by atoms with E-state index in [0.29, 0.717) is 6.04 Å². The Balaban J connectivity index is 2.08. The van der Waals surface area contributed by atoms with Crippen molar-refractivity contribution >= 4 is 0 Å². The van der Waals surface area contributed by atoms with Crippen molar-refractivity contribution in [3.05, 3.63) is 52.5 Å². The first-order valence-electron chi connectivity index (χ1n) is 7.43. The normalized spacial score (nSPS) is 12.4. The second-order valence-corrected chi connectivity index (χ2v) is 5.48. The lowest BCUT2D eigenvalue weighted by Crippen LogP contribution is -2.18. The minimum atomic E-state index is 0.324. The highest BCUT2D eigenvalue weighted by molar-refractivity contribution is 5.34. The molecule has 0 aliphatic rings. The standard InChI is InChI=1S/C18H25NO2/c1-12-13(2)21-14(3)18(12)17(19-4)11-8-15-6-9-16(20-5)10-7-15/h6-7,9-10,17,19H,8,11H2,1-5H3. The predicted molar refractivity (Wildman–Crippen MR) is 86.0 cm³/mol. The van der Waals surface area contributed by atoms with Crippen molar-refractivity contribution in [2.45, 2.75) is 39.7 Å². The van der Waals surface area contributed by atoms with E-state index in [0.717, 1.165) is 30.1 Å². The van der Waals surface area contributed by atoms with Gasteiger partial charge < -0.3 is 14.5 Å². The monoisotopic (exact) mass is 287 g/mol. The molecule has 2 aromatic rings. The molecule has 0 saturated carbocycles. The quantitative estimate of drug-likeness (QED) is 0.868. The summed E-state index contributed by atoms with van der Waals surface area (Å²) in [4.78, 5) is 0. The van der Waals surface area contributed by atoms with Gasteiger partial charge in [0.25, 0.3) is 0 Å². The van der Waals surface area contributed by atoms with Gasteiger partial charge in [-0.05, 0) is 63.9 Å². The molecule has 1 unspecified atom stereocenters. The van der Waals surface area contributed by atoms with Crippen LogP contribution >= 0.6 is 0 Å². The van der Waals surface area contributed by atoms with Crippen LogP contribution in [0, 0.1) is 20.8 Å². The zero-order valence-electron chi connectivity index (χ0n) is 13.6. The van der Waals surface area contributed by atoms with Crippen molar-refractivity contribution in [1.29, 1.82) is 0 Å². The third-order valence-corrected chi connectivity index (χ3v) is 4.20. The summed E-state index contributed by atoms with van der Waals surface area (Å²) in [5.74, 6) is 2.95. The highest BCUT2D eigenvalue weighted by Gasteiger charge is 2.19. The Morgan fingerprint density at radius 3 is 2.24 bits per heavy atom. The smallest absolute Gasteiger partial charge is 0.118 e. The van der Waals surface area contributed by atoms with Crippen molar-refractivity contribution in [2.75, 3.05) is 14.2 Å². The van der Waals surface area contributed by atoms with E-state index in [4.69, 9.17) is 9.15 Å². The van der Waals surface area contributed by atoms with Gasteiger partial charge in [-0.15, -0.1) is 0 Å². The SMILES string of the molecule is CNC(CCc1ccc(OC)cc1)c1c(C)oc(C)c1C. The van der Waals surface area contributed by atoms with Gasteiger partial charge in [-0.1, -0.05) is 12.1 Å². The third-order valence-electron chi connectivity index (χ3n) is 4.20. The van der Waals surface area contributed by atoms with Gasteiger partial charge in [0, 0.05) is 11.6 Å². The number of methoxy groups -OCH3 is 1. The summed E-state index contributed by atoms with van der Waals surface area (Å²) in [6.07, 6.45) is 2.07. The highest BCUT2D eigenvalue weighted by atomic mass is 16.5. The van der Waals surface area contributed by atoms with E-state index in [-0.39, 0.29) is 0 Å². The van der Waals surface area contributed by atoms with Gasteiger partial charge in [-0.2, -0.15) is 0 Å². The summed E-state index contributed by atoms with van der Waals surface area (Å²) >= 11 is 0. The molecule has 0 aliphatic carbocycles. The van der Waals surface area contributed by atoms with E-state index < -0.39 is 0 Å².